The highest BCUT2D eigenvalue weighted by Crippen LogP contribution is 2.41. The Morgan fingerprint density at radius 2 is 1.56 bits per heavy atom. The van der Waals surface area contributed by atoms with Crippen LogP contribution in [-0.4, -0.2) is 20.8 Å². The molecule has 0 radical (unpaired) electrons. The van der Waals surface area contributed by atoms with Crippen LogP contribution in [-0.2, 0) is 9.53 Å². The zero-order valence-corrected chi connectivity index (χ0v) is 17.9. The van der Waals surface area contributed by atoms with Gasteiger partial charge in [-0.1, -0.05) is 78.0 Å². The van der Waals surface area contributed by atoms with E-state index < -0.39 is 8.24 Å². The second-order valence-corrected chi connectivity index (χ2v) is 13.2. The molecular weight excluding hydrogens is 326 g/mol. The lowest BCUT2D eigenvalue weighted by Gasteiger charge is -2.45. The Kier molecular flexibility index (Phi) is 8.60. The van der Waals surface area contributed by atoms with Gasteiger partial charge in [-0.05, 0) is 29.1 Å². The monoisotopic (exact) mass is 361 g/mol. The number of carbonyl (C=O) groups is 1. The summed E-state index contributed by atoms with van der Waals surface area (Å²) < 4.78 is 5.06. The first kappa shape index (κ1) is 21.6. The lowest BCUT2D eigenvalue weighted by atomic mass is 10.1. The molecule has 1 aromatic rings. The SMILES string of the molecule is CCOC(=O)/C=C/[C@@H](N[Si](C(C)C)(C(C)C)C(C)C)c1ccccc1. The fourth-order valence-corrected chi connectivity index (χ4v) is 9.84. The molecule has 0 aliphatic rings. The van der Waals surface area contributed by atoms with E-state index in [0.29, 0.717) is 23.2 Å². The molecule has 0 aromatic heterocycles. The van der Waals surface area contributed by atoms with E-state index in [-0.39, 0.29) is 12.0 Å². The third-order valence-corrected chi connectivity index (χ3v) is 11.7. The number of benzene rings is 1. The van der Waals surface area contributed by atoms with Gasteiger partial charge in [0, 0.05) is 12.1 Å². The molecule has 25 heavy (non-hydrogen) atoms. The van der Waals surface area contributed by atoms with E-state index in [0.717, 1.165) is 0 Å². The Morgan fingerprint density at radius 1 is 1.04 bits per heavy atom. The van der Waals surface area contributed by atoms with E-state index in [1.165, 1.54) is 5.56 Å². The summed E-state index contributed by atoms with van der Waals surface area (Å²) in [6, 6.07) is 10.4. The van der Waals surface area contributed by atoms with Crippen molar-refractivity contribution in [3.05, 3.63) is 48.0 Å². The lowest BCUT2D eigenvalue weighted by molar-refractivity contribution is -0.137. The predicted molar refractivity (Wildman–Crippen MR) is 109 cm³/mol. The van der Waals surface area contributed by atoms with Crippen LogP contribution in [0.2, 0.25) is 16.6 Å². The van der Waals surface area contributed by atoms with Crippen molar-refractivity contribution < 1.29 is 9.53 Å². The molecule has 0 saturated carbocycles. The standard InChI is InChI=1S/C21H35NO2Si/c1-8-24-21(23)15-14-20(19-12-10-9-11-13-19)22-25(16(2)3,17(4)5)18(6)7/h9-18,20,22H,8H2,1-7H3/b15-14+/t20-/m1/s1. The minimum atomic E-state index is -1.82. The molecule has 1 N–H and O–H groups in total. The third-order valence-electron chi connectivity index (χ3n) is 5.14. The first-order valence-electron chi connectivity index (χ1n) is 9.43. The van der Waals surface area contributed by atoms with Crippen LogP contribution in [0.25, 0.3) is 0 Å². The molecule has 0 amide bonds. The van der Waals surface area contributed by atoms with Gasteiger partial charge in [0.05, 0.1) is 6.61 Å². The largest absolute Gasteiger partial charge is 0.463 e. The van der Waals surface area contributed by atoms with Crippen molar-refractivity contribution >= 4 is 14.2 Å². The van der Waals surface area contributed by atoms with Gasteiger partial charge in [0.15, 0.2) is 0 Å². The zero-order valence-electron chi connectivity index (χ0n) is 16.9. The quantitative estimate of drug-likeness (QED) is 0.353. The van der Waals surface area contributed by atoms with Crippen LogP contribution in [0.5, 0.6) is 0 Å². The molecule has 1 atom stereocenters. The molecule has 140 valence electrons. The first-order valence-corrected chi connectivity index (χ1v) is 11.7. The number of hydrogen-bond donors (Lipinski definition) is 1. The van der Waals surface area contributed by atoms with Gasteiger partial charge in [-0.25, -0.2) is 4.79 Å². The Hall–Kier alpha value is -1.39. The molecule has 0 bridgehead atoms. The molecule has 0 spiro atoms. The van der Waals surface area contributed by atoms with Gasteiger partial charge in [0.1, 0.15) is 8.24 Å². The summed E-state index contributed by atoms with van der Waals surface area (Å²) in [4.78, 5) is 15.8. The Balaban J connectivity index is 3.24. The van der Waals surface area contributed by atoms with Crippen LogP contribution in [0.3, 0.4) is 0 Å². The molecule has 0 fully saturated rings. The zero-order chi connectivity index (χ0) is 19.0. The number of rotatable bonds is 9. The fraction of sp³-hybridized carbons (Fsp3) is 0.571. The van der Waals surface area contributed by atoms with Crippen LogP contribution >= 0.6 is 0 Å². The molecule has 0 aliphatic heterocycles. The van der Waals surface area contributed by atoms with E-state index in [2.05, 4.69) is 58.7 Å². The second-order valence-electron chi connectivity index (χ2n) is 7.54. The van der Waals surface area contributed by atoms with Crippen molar-refractivity contribution in [2.24, 2.45) is 0 Å². The van der Waals surface area contributed by atoms with Gasteiger partial charge >= 0.3 is 5.97 Å². The molecule has 3 nitrogen and oxygen atoms in total. The minimum absolute atomic E-state index is 0.0180. The van der Waals surface area contributed by atoms with E-state index >= 15 is 0 Å². The first-order chi connectivity index (χ1) is 11.8. The number of nitrogens with one attached hydrogen (secondary N) is 1. The highest BCUT2D eigenvalue weighted by molar-refractivity contribution is 6.81. The summed E-state index contributed by atoms with van der Waals surface area (Å²) in [5, 5.41) is 0. The van der Waals surface area contributed by atoms with Gasteiger partial charge in [-0.2, -0.15) is 0 Å². The van der Waals surface area contributed by atoms with E-state index in [9.17, 15) is 4.79 Å². The van der Waals surface area contributed by atoms with Gasteiger partial charge < -0.3 is 9.72 Å². The Bertz CT molecular complexity index is 530. The fourth-order valence-electron chi connectivity index (χ4n) is 4.04. The predicted octanol–water partition coefficient (Wildman–Crippen LogP) is 5.61. The average molecular weight is 362 g/mol. The van der Waals surface area contributed by atoms with Crippen LogP contribution in [0, 0.1) is 0 Å². The topological polar surface area (TPSA) is 38.3 Å². The average Bonchev–Trinajstić information content (AvgIpc) is 2.55. The molecule has 0 saturated heterocycles. The summed E-state index contributed by atoms with van der Waals surface area (Å²) in [7, 11) is -1.82. The second kappa shape index (κ2) is 9.93. The van der Waals surface area contributed by atoms with Crippen molar-refractivity contribution in [3.8, 4) is 0 Å². The molecule has 1 aromatic carbocycles. The van der Waals surface area contributed by atoms with Gasteiger partial charge in [0.2, 0.25) is 0 Å². The number of carbonyl (C=O) groups excluding carboxylic acids is 1. The van der Waals surface area contributed by atoms with Crippen molar-refractivity contribution in [1.29, 1.82) is 0 Å². The van der Waals surface area contributed by atoms with Crippen LogP contribution in [0.15, 0.2) is 42.5 Å². The summed E-state index contributed by atoms with van der Waals surface area (Å²) in [6.07, 6.45) is 3.52. The summed E-state index contributed by atoms with van der Waals surface area (Å²) in [5.41, 5.74) is 2.96. The van der Waals surface area contributed by atoms with Crippen LogP contribution < -0.4 is 4.98 Å². The molecule has 1 rings (SSSR count). The Morgan fingerprint density at radius 3 is 2.00 bits per heavy atom. The molecule has 0 unspecified atom stereocenters. The maximum Gasteiger partial charge on any atom is 0.330 e. The lowest BCUT2D eigenvalue weighted by Crippen LogP contribution is -2.58. The highest BCUT2D eigenvalue weighted by atomic mass is 28.3. The van der Waals surface area contributed by atoms with Gasteiger partial charge in [-0.15, -0.1) is 0 Å². The third kappa shape index (κ3) is 5.55. The van der Waals surface area contributed by atoms with Crippen LogP contribution in [0.4, 0.5) is 0 Å². The van der Waals surface area contributed by atoms with Crippen molar-refractivity contribution in [2.75, 3.05) is 6.61 Å². The number of hydrogen-bond acceptors (Lipinski definition) is 3. The van der Waals surface area contributed by atoms with Crippen LogP contribution in [0.1, 0.15) is 60.1 Å². The molecule has 0 heterocycles. The normalized spacial score (nSPS) is 13.8. The smallest absolute Gasteiger partial charge is 0.330 e. The van der Waals surface area contributed by atoms with E-state index in [4.69, 9.17) is 4.74 Å². The number of esters is 1. The summed E-state index contributed by atoms with van der Waals surface area (Å²) in [6.45, 7) is 16.2. The molecule has 4 heteroatoms. The van der Waals surface area contributed by atoms with Gasteiger partial charge in [-0.3, -0.25) is 0 Å². The van der Waals surface area contributed by atoms with Crippen molar-refractivity contribution in [3.63, 3.8) is 0 Å². The maximum absolute atomic E-state index is 11.8. The summed E-state index contributed by atoms with van der Waals surface area (Å²) in [5.74, 6) is -0.281. The van der Waals surface area contributed by atoms with E-state index in [1.54, 1.807) is 6.08 Å². The van der Waals surface area contributed by atoms with Gasteiger partial charge in [0.25, 0.3) is 0 Å². The minimum Gasteiger partial charge on any atom is -0.463 e. The Labute approximate surface area is 155 Å². The summed E-state index contributed by atoms with van der Waals surface area (Å²) >= 11 is 0. The van der Waals surface area contributed by atoms with Crippen molar-refractivity contribution in [2.45, 2.75) is 71.1 Å². The molecule has 0 aliphatic carbocycles. The number of ether oxygens (including phenoxy) is 1. The molecular formula is C21H35NO2Si. The maximum atomic E-state index is 11.8. The van der Waals surface area contributed by atoms with E-state index in [1.807, 2.05) is 31.2 Å². The highest BCUT2D eigenvalue weighted by Gasteiger charge is 2.44. The van der Waals surface area contributed by atoms with Crippen molar-refractivity contribution in [1.82, 2.24) is 4.98 Å².